The van der Waals surface area contributed by atoms with Gasteiger partial charge in [0.1, 0.15) is 0 Å². The molecule has 14 heavy (non-hydrogen) atoms. The highest BCUT2D eigenvalue weighted by Crippen LogP contribution is 2.25. The third kappa shape index (κ3) is 1.77. The molecule has 1 rings (SSSR count). The lowest BCUT2D eigenvalue weighted by molar-refractivity contribution is 0.0598. The number of aryl methyl sites for hydroxylation is 2. The van der Waals surface area contributed by atoms with Gasteiger partial charge in [-0.05, 0) is 37.5 Å². The van der Waals surface area contributed by atoms with Gasteiger partial charge in [0.25, 0.3) is 0 Å². The van der Waals surface area contributed by atoms with Gasteiger partial charge in [0.05, 0.1) is 12.7 Å². The van der Waals surface area contributed by atoms with Crippen LogP contribution in [0.4, 0.5) is 0 Å². The molecule has 0 radical (unpaired) electrons. The Morgan fingerprint density at radius 2 is 1.86 bits per heavy atom. The highest BCUT2D eigenvalue weighted by atomic mass is 32.1. The van der Waals surface area contributed by atoms with Crippen LogP contribution < -0.4 is 0 Å². The Balaban J connectivity index is 3.44. The first-order valence-corrected chi connectivity index (χ1v) is 4.81. The number of methoxy groups -OCH3 is 1. The van der Waals surface area contributed by atoms with Gasteiger partial charge in [-0.3, -0.25) is 0 Å². The molecule has 0 heterocycles. The van der Waals surface area contributed by atoms with Crippen LogP contribution in [0.2, 0.25) is 0 Å². The van der Waals surface area contributed by atoms with Crippen LogP contribution in [0.1, 0.15) is 27.0 Å². The average Bonchev–Trinajstić information content (AvgIpc) is 2.14. The van der Waals surface area contributed by atoms with E-state index in [0.29, 0.717) is 5.56 Å². The number of rotatable bonds is 1. The molecule has 0 atom stereocenters. The van der Waals surface area contributed by atoms with Crippen molar-refractivity contribution < 1.29 is 9.53 Å². The Morgan fingerprint density at radius 3 is 2.36 bits per heavy atom. The largest absolute Gasteiger partial charge is 0.465 e. The van der Waals surface area contributed by atoms with E-state index >= 15 is 0 Å². The van der Waals surface area contributed by atoms with E-state index in [0.717, 1.165) is 21.6 Å². The van der Waals surface area contributed by atoms with Crippen LogP contribution in [0.25, 0.3) is 0 Å². The molecular formula is C11H14O2S. The molecule has 1 aromatic carbocycles. The summed E-state index contributed by atoms with van der Waals surface area (Å²) in [6, 6.07) is 1.95. The van der Waals surface area contributed by atoms with E-state index < -0.39 is 0 Å². The van der Waals surface area contributed by atoms with Crippen LogP contribution >= 0.6 is 12.6 Å². The Bertz CT molecular complexity index is 383. The van der Waals surface area contributed by atoms with Gasteiger partial charge in [0.2, 0.25) is 0 Å². The molecule has 0 aliphatic rings. The van der Waals surface area contributed by atoms with Gasteiger partial charge in [0.15, 0.2) is 0 Å². The normalized spacial score (nSPS) is 10.1. The van der Waals surface area contributed by atoms with Crippen molar-refractivity contribution >= 4 is 18.6 Å². The van der Waals surface area contributed by atoms with Crippen LogP contribution in [0.3, 0.4) is 0 Å². The molecule has 0 aliphatic heterocycles. The second kappa shape index (κ2) is 4.05. The van der Waals surface area contributed by atoms with Crippen molar-refractivity contribution in [3.8, 4) is 0 Å². The molecule has 0 spiro atoms. The van der Waals surface area contributed by atoms with Crippen LogP contribution in [-0.2, 0) is 4.74 Å². The molecule has 0 N–H and O–H groups in total. The molecule has 3 heteroatoms. The minimum absolute atomic E-state index is 0.296. The summed E-state index contributed by atoms with van der Waals surface area (Å²) in [5, 5.41) is 0. The first-order chi connectivity index (χ1) is 6.49. The van der Waals surface area contributed by atoms with Gasteiger partial charge in [-0.15, -0.1) is 12.6 Å². The lowest BCUT2D eigenvalue weighted by Gasteiger charge is -2.12. The molecule has 0 amide bonds. The van der Waals surface area contributed by atoms with Crippen molar-refractivity contribution in [2.75, 3.05) is 7.11 Å². The summed E-state index contributed by atoms with van der Waals surface area (Å²) >= 11 is 4.35. The van der Waals surface area contributed by atoms with Gasteiger partial charge in [0, 0.05) is 4.90 Å². The Hall–Kier alpha value is -0.960. The Morgan fingerprint density at radius 1 is 1.29 bits per heavy atom. The van der Waals surface area contributed by atoms with Crippen molar-refractivity contribution in [2.45, 2.75) is 25.7 Å². The highest BCUT2D eigenvalue weighted by Gasteiger charge is 2.15. The fourth-order valence-electron chi connectivity index (χ4n) is 1.59. The van der Waals surface area contributed by atoms with Crippen molar-refractivity contribution in [3.63, 3.8) is 0 Å². The number of ether oxygens (including phenoxy) is 1. The summed E-state index contributed by atoms with van der Waals surface area (Å²) in [5.41, 5.74) is 3.53. The topological polar surface area (TPSA) is 26.3 Å². The highest BCUT2D eigenvalue weighted by molar-refractivity contribution is 7.80. The molecule has 0 saturated heterocycles. The first-order valence-electron chi connectivity index (χ1n) is 4.37. The molecule has 0 aromatic heterocycles. The number of carbonyl (C=O) groups is 1. The third-order valence-corrected chi connectivity index (χ3v) is 3.01. The van der Waals surface area contributed by atoms with E-state index in [2.05, 4.69) is 12.6 Å². The molecular weight excluding hydrogens is 196 g/mol. The van der Waals surface area contributed by atoms with Gasteiger partial charge in [-0.25, -0.2) is 4.79 Å². The summed E-state index contributed by atoms with van der Waals surface area (Å²) in [5.74, 6) is -0.296. The number of thiol groups is 1. The molecule has 76 valence electrons. The smallest absolute Gasteiger partial charge is 0.338 e. The number of hydrogen-bond donors (Lipinski definition) is 1. The lowest BCUT2D eigenvalue weighted by atomic mass is 10.00. The maximum atomic E-state index is 11.5. The number of hydrogen-bond acceptors (Lipinski definition) is 3. The summed E-state index contributed by atoms with van der Waals surface area (Å²) in [7, 11) is 1.39. The zero-order chi connectivity index (χ0) is 10.9. The molecule has 0 bridgehead atoms. The SMILES string of the molecule is COC(=O)c1c(C)cc(C)c(S)c1C. The summed E-state index contributed by atoms with van der Waals surface area (Å²) in [6.07, 6.45) is 0. The van der Waals surface area contributed by atoms with E-state index in [1.807, 2.05) is 26.8 Å². The second-order valence-electron chi connectivity index (χ2n) is 3.35. The average molecular weight is 210 g/mol. The number of carbonyl (C=O) groups excluding carboxylic acids is 1. The first kappa shape index (κ1) is 11.1. The third-order valence-electron chi connectivity index (χ3n) is 2.32. The van der Waals surface area contributed by atoms with Crippen molar-refractivity contribution in [1.29, 1.82) is 0 Å². The summed E-state index contributed by atoms with van der Waals surface area (Å²) < 4.78 is 4.72. The Labute approximate surface area is 89.7 Å². The van der Waals surface area contributed by atoms with Crippen LogP contribution in [0.5, 0.6) is 0 Å². The molecule has 1 aromatic rings. The molecule has 0 unspecified atom stereocenters. The molecule has 0 fully saturated rings. The van der Waals surface area contributed by atoms with Crippen molar-refractivity contribution in [2.24, 2.45) is 0 Å². The summed E-state index contributed by atoms with van der Waals surface area (Å²) in [6.45, 7) is 5.76. The zero-order valence-corrected chi connectivity index (χ0v) is 9.74. The van der Waals surface area contributed by atoms with Crippen LogP contribution in [-0.4, -0.2) is 13.1 Å². The van der Waals surface area contributed by atoms with E-state index in [-0.39, 0.29) is 5.97 Å². The standard InChI is InChI=1S/C11H14O2S/c1-6-5-7(2)10(14)8(3)9(6)11(12)13-4/h5,14H,1-4H3. The fraction of sp³-hybridized carbons (Fsp3) is 0.364. The zero-order valence-electron chi connectivity index (χ0n) is 8.84. The maximum Gasteiger partial charge on any atom is 0.338 e. The van der Waals surface area contributed by atoms with Gasteiger partial charge in [-0.1, -0.05) is 6.07 Å². The maximum absolute atomic E-state index is 11.5. The molecule has 0 aliphatic carbocycles. The lowest BCUT2D eigenvalue weighted by Crippen LogP contribution is -2.07. The molecule has 2 nitrogen and oxygen atoms in total. The van der Waals surface area contributed by atoms with E-state index in [1.165, 1.54) is 7.11 Å². The van der Waals surface area contributed by atoms with E-state index in [9.17, 15) is 4.79 Å². The van der Waals surface area contributed by atoms with Crippen LogP contribution in [0.15, 0.2) is 11.0 Å². The fourth-order valence-corrected chi connectivity index (χ4v) is 1.77. The number of benzene rings is 1. The Kier molecular flexibility index (Phi) is 3.21. The predicted octanol–water partition coefficient (Wildman–Crippen LogP) is 2.69. The second-order valence-corrected chi connectivity index (χ2v) is 3.80. The minimum atomic E-state index is -0.296. The monoisotopic (exact) mass is 210 g/mol. The van der Waals surface area contributed by atoms with E-state index in [4.69, 9.17) is 4.74 Å². The predicted molar refractivity (Wildman–Crippen MR) is 59.2 cm³/mol. The van der Waals surface area contributed by atoms with Gasteiger partial charge in [-0.2, -0.15) is 0 Å². The van der Waals surface area contributed by atoms with Gasteiger partial charge >= 0.3 is 5.97 Å². The van der Waals surface area contributed by atoms with Crippen molar-refractivity contribution in [3.05, 3.63) is 28.3 Å². The van der Waals surface area contributed by atoms with E-state index in [1.54, 1.807) is 0 Å². The molecule has 0 saturated carbocycles. The summed E-state index contributed by atoms with van der Waals surface area (Å²) in [4.78, 5) is 12.3. The number of esters is 1. The van der Waals surface area contributed by atoms with Crippen molar-refractivity contribution in [1.82, 2.24) is 0 Å². The minimum Gasteiger partial charge on any atom is -0.465 e. The van der Waals surface area contributed by atoms with Gasteiger partial charge < -0.3 is 4.74 Å². The van der Waals surface area contributed by atoms with Crippen LogP contribution in [0, 0.1) is 20.8 Å². The quantitative estimate of drug-likeness (QED) is 0.569.